The number of methoxy groups -OCH3 is 1. The molecule has 0 aliphatic rings. The number of esters is 1. The number of aromatic amines is 1. The van der Waals surface area contributed by atoms with Gasteiger partial charge in [0.1, 0.15) is 5.75 Å². The molecule has 2 N–H and O–H groups in total. The molecule has 4 aromatic rings. The largest absolute Gasteiger partial charge is 0.497 e. The normalized spacial score (nSPS) is 11.6. The summed E-state index contributed by atoms with van der Waals surface area (Å²) in [4.78, 5) is 25.0. The van der Waals surface area contributed by atoms with E-state index >= 15 is 0 Å². The average molecular weight is 415 g/mol. The van der Waals surface area contributed by atoms with Gasteiger partial charge in [0.15, 0.2) is 12.3 Å². The van der Waals surface area contributed by atoms with Crippen LogP contribution in [0.2, 0.25) is 0 Å². The zero-order valence-electron chi connectivity index (χ0n) is 16.9. The summed E-state index contributed by atoms with van der Waals surface area (Å²) >= 11 is 0. The molecule has 0 unspecified atom stereocenters. The van der Waals surface area contributed by atoms with E-state index in [-0.39, 0.29) is 5.69 Å². The van der Waals surface area contributed by atoms with Gasteiger partial charge in [0.25, 0.3) is 5.91 Å². The summed E-state index contributed by atoms with van der Waals surface area (Å²) in [5, 5.41) is 10.4. The maximum Gasteiger partial charge on any atom is 0.359 e. The van der Waals surface area contributed by atoms with E-state index in [1.165, 1.54) is 0 Å². The number of amides is 1. The molecule has 0 saturated carbocycles. The lowest BCUT2D eigenvalue weighted by molar-refractivity contribution is -0.124. The number of aromatic nitrogens is 2. The van der Waals surface area contributed by atoms with E-state index in [2.05, 4.69) is 15.5 Å². The van der Waals surface area contributed by atoms with Crippen LogP contribution in [-0.2, 0) is 9.53 Å². The number of nitrogens with zero attached hydrogens (tertiary/aromatic N) is 1. The molecule has 0 spiro atoms. The maximum atomic E-state index is 12.6. The summed E-state index contributed by atoms with van der Waals surface area (Å²) in [6.07, 6.45) is 0. The van der Waals surface area contributed by atoms with E-state index < -0.39 is 24.5 Å². The second kappa shape index (κ2) is 9.13. The smallest absolute Gasteiger partial charge is 0.359 e. The number of nitrogens with one attached hydrogen (secondary N) is 2. The van der Waals surface area contributed by atoms with Gasteiger partial charge in [0.05, 0.1) is 18.7 Å². The van der Waals surface area contributed by atoms with Crippen molar-refractivity contribution in [3.05, 3.63) is 95.7 Å². The Bertz CT molecular complexity index is 1190. The van der Waals surface area contributed by atoms with Gasteiger partial charge in [-0.05, 0) is 29.3 Å². The Morgan fingerprint density at radius 2 is 1.61 bits per heavy atom. The lowest BCUT2D eigenvalue weighted by Crippen LogP contribution is -2.33. The highest BCUT2D eigenvalue weighted by Crippen LogP contribution is 2.24. The minimum atomic E-state index is -0.659. The summed E-state index contributed by atoms with van der Waals surface area (Å²) in [6.45, 7) is -0.417. The van der Waals surface area contributed by atoms with Gasteiger partial charge < -0.3 is 14.8 Å². The highest BCUT2D eigenvalue weighted by molar-refractivity contribution is 6.02. The van der Waals surface area contributed by atoms with Crippen LogP contribution in [0.15, 0.2) is 78.9 Å². The quantitative estimate of drug-likeness (QED) is 0.450. The van der Waals surface area contributed by atoms with Crippen molar-refractivity contribution in [1.82, 2.24) is 15.5 Å². The predicted molar refractivity (Wildman–Crippen MR) is 116 cm³/mol. The van der Waals surface area contributed by atoms with Crippen LogP contribution in [0, 0.1) is 0 Å². The average Bonchev–Trinajstić information content (AvgIpc) is 3.26. The predicted octanol–water partition coefficient (Wildman–Crippen LogP) is 3.63. The van der Waals surface area contributed by atoms with Gasteiger partial charge in [-0.15, -0.1) is 0 Å². The van der Waals surface area contributed by atoms with Gasteiger partial charge in [0, 0.05) is 5.39 Å². The van der Waals surface area contributed by atoms with Crippen molar-refractivity contribution in [1.29, 1.82) is 0 Å². The van der Waals surface area contributed by atoms with Gasteiger partial charge >= 0.3 is 5.97 Å². The third kappa shape index (κ3) is 4.56. The molecular formula is C24H21N3O4. The summed E-state index contributed by atoms with van der Waals surface area (Å²) in [7, 11) is 1.60. The van der Waals surface area contributed by atoms with Crippen LogP contribution in [0.25, 0.3) is 10.9 Å². The molecule has 4 rings (SSSR count). The van der Waals surface area contributed by atoms with Crippen LogP contribution in [-0.4, -0.2) is 35.8 Å². The maximum absolute atomic E-state index is 12.6. The van der Waals surface area contributed by atoms with Crippen molar-refractivity contribution in [2.24, 2.45) is 0 Å². The Hall–Kier alpha value is -4.13. The van der Waals surface area contributed by atoms with E-state index in [1.54, 1.807) is 19.2 Å². The molecule has 3 aromatic carbocycles. The molecule has 156 valence electrons. The molecule has 31 heavy (non-hydrogen) atoms. The van der Waals surface area contributed by atoms with Gasteiger partial charge in [-0.2, -0.15) is 5.10 Å². The Kier molecular flexibility index (Phi) is 5.93. The fourth-order valence-corrected chi connectivity index (χ4v) is 3.32. The van der Waals surface area contributed by atoms with E-state index in [9.17, 15) is 9.59 Å². The fraction of sp³-hybridized carbons (Fsp3) is 0.125. The van der Waals surface area contributed by atoms with E-state index in [0.717, 1.165) is 22.4 Å². The summed E-state index contributed by atoms with van der Waals surface area (Å²) in [5.74, 6) is -0.354. The van der Waals surface area contributed by atoms with Gasteiger partial charge in [0.2, 0.25) is 0 Å². The van der Waals surface area contributed by atoms with E-state index in [4.69, 9.17) is 9.47 Å². The summed E-state index contributed by atoms with van der Waals surface area (Å²) in [5.41, 5.74) is 2.66. The molecule has 0 bridgehead atoms. The first-order valence-electron chi connectivity index (χ1n) is 9.74. The molecule has 1 amide bonds. The fourth-order valence-electron chi connectivity index (χ4n) is 3.32. The van der Waals surface area contributed by atoms with Crippen molar-refractivity contribution in [2.75, 3.05) is 13.7 Å². The number of fused-ring (bicyclic) bond motifs is 1. The Morgan fingerprint density at radius 1 is 0.935 bits per heavy atom. The summed E-state index contributed by atoms with van der Waals surface area (Å²) < 4.78 is 10.4. The monoisotopic (exact) mass is 415 g/mol. The number of H-pyrrole nitrogens is 1. The molecule has 1 heterocycles. The van der Waals surface area contributed by atoms with Crippen LogP contribution in [0.4, 0.5) is 0 Å². The minimum Gasteiger partial charge on any atom is -0.497 e. The molecule has 0 saturated heterocycles. The number of carbonyl (C=O) groups is 2. The molecule has 0 aliphatic heterocycles. The molecule has 1 aromatic heterocycles. The van der Waals surface area contributed by atoms with Crippen molar-refractivity contribution >= 4 is 22.8 Å². The molecule has 0 radical (unpaired) electrons. The van der Waals surface area contributed by atoms with Crippen LogP contribution in [0.5, 0.6) is 5.75 Å². The second-order valence-electron chi connectivity index (χ2n) is 6.88. The zero-order chi connectivity index (χ0) is 21.6. The SMILES string of the molecule is COc1ccc([C@H](NC(=O)COC(=O)c2n[nH]c3ccccc23)c2ccccc2)cc1. The van der Waals surface area contributed by atoms with Gasteiger partial charge in [-0.25, -0.2) is 4.79 Å². The number of carbonyl (C=O) groups excluding carboxylic acids is 2. The van der Waals surface area contributed by atoms with Crippen LogP contribution in [0.3, 0.4) is 0 Å². The lowest BCUT2D eigenvalue weighted by atomic mass is 9.98. The molecule has 7 heteroatoms. The van der Waals surface area contributed by atoms with E-state index in [0.29, 0.717) is 5.39 Å². The minimum absolute atomic E-state index is 0.151. The number of ether oxygens (including phenoxy) is 2. The molecule has 0 aliphatic carbocycles. The Balaban J connectivity index is 1.46. The van der Waals surface area contributed by atoms with Gasteiger partial charge in [-0.3, -0.25) is 9.89 Å². The molecule has 0 fully saturated rings. The zero-order valence-corrected chi connectivity index (χ0v) is 16.9. The first kappa shape index (κ1) is 20.2. The highest BCUT2D eigenvalue weighted by Gasteiger charge is 2.20. The van der Waals surface area contributed by atoms with Crippen molar-refractivity contribution in [3.8, 4) is 5.75 Å². The summed E-state index contributed by atoms with van der Waals surface area (Å²) in [6, 6.07) is 23.8. The molecule has 7 nitrogen and oxygen atoms in total. The number of benzene rings is 3. The topological polar surface area (TPSA) is 93.3 Å². The first-order chi connectivity index (χ1) is 15.2. The first-order valence-corrected chi connectivity index (χ1v) is 9.74. The van der Waals surface area contributed by atoms with Crippen LogP contribution >= 0.6 is 0 Å². The lowest BCUT2D eigenvalue weighted by Gasteiger charge is -2.20. The number of hydrogen-bond acceptors (Lipinski definition) is 5. The second-order valence-corrected chi connectivity index (χ2v) is 6.88. The number of rotatable bonds is 7. The molecular weight excluding hydrogens is 394 g/mol. The number of para-hydroxylation sites is 1. The third-order valence-corrected chi connectivity index (χ3v) is 4.89. The Morgan fingerprint density at radius 3 is 2.35 bits per heavy atom. The third-order valence-electron chi connectivity index (χ3n) is 4.89. The number of hydrogen-bond donors (Lipinski definition) is 2. The molecule has 1 atom stereocenters. The van der Waals surface area contributed by atoms with Crippen molar-refractivity contribution < 1.29 is 19.1 Å². The van der Waals surface area contributed by atoms with Crippen LogP contribution in [0.1, 0.15) is 27.7 Å². The van der Waals surface area contributed by atoms with E-state index in [1.807, 2.05) is 66.7 Å². The van der Waals surface area contributed by atoms with Crippen molar-refractivity contribution in [2.45, 2.75) is 6.04 Å². The van der Waals surface area contributed by atoms with Crippen molar-refractivity contribution in [3.63, 3.8) is 0 Å². The highest BCUT2D eigenvalue weighted by atomic mass is 16.5. The standard InChI is InChI=1S/C24H21N3O4/c1-30-18-13-11-17(12-14-18)22(16-7-3-2-4-8-16)25-21(28)15-31-24(29)23-19-9-5-6-10-20(19)26-27-23/h2-14,22H,15H2,1H3,(H,25,28)(H,26,27)/t22-/m1/s1. The van der Waals surface area contributed by atoms with Crippen LogP contribution < -0.4 is 10.1 Å². The Labute approximate surface area is 179 Å². The van der Waals surface area contributed by atoms with Gasteiger partial charge in [-0.1, -0.05) is 60.7 Å².